The van der Waals surface area contributed by atoms with Gasteiger partial charge in [-0.15, -0.1) is 0 Å². The van der Waals surface area contributed by atoms with Gasteiger partial charge in [0, 0.05) is 51.0 Å². The summed E-state index contributed by atoms with van der Waals surface area (Å²) in [6, 6.07) is 0. The van der Waals surface area contributed by atoms with Crippen LogP contribution in [-0.2, 0) is 7.05 Å². The number of alkyl halides is 1. The Bertz CT molecular complexity index is 448. The van der Waals surface area contributed by atoms with Crippen molar-refractivity contribution in [3.63, 3.8) is 0 Å². The second-order valence-corrected chi connectivity index (χ2v) is 5.33. The molecule has 2 rings (SSSR count). The highest BCUT2D eigenvalue weighted by Crippen LogP contribution is 2.09. The van der Waals surface area contributed by atoms with E-state index in [-0.39, 0.29) is 5.56 Å². The summed E-state index contributed by atoms with van der Waals surface area (Å²) in [7, 11) is 1.77. The molecule has 0 aromatic carbocycles. The minimum atomic E-state index is -0.00792. The maximum atomic E-state index is 12.0. The van der Waals surface area contributed by atoms with Crippen LogP contribution in [0.25, 0.3) is 0 Å². The van der Waals surface area contributed by atoms with Gasteiger partial charge in [-0.1, -0.05) is 15.9 Å². The van der Waals surface area contributed by atoms with Gasteiger partial charge >= 0.3 is 0 Å². The molecule has 0 N–H and O–H groups in total. The Morgan fingerprint density at radius 2 is 2.17 bits per heavy atom. The summed E-state index contributed by atoms with van der Waals surface area (Å²) < 4.78 is 1.59. The normalized spacial score (nSPS) is 17.8. The molecule has 1 aliphatic heterocycles. The van der Waals surface area contributed by atoms with Crippen molar-refractivity contribution < 1.29 is 0 Å². The van der Waals surface area contributed by atoms with Crippen LogP contribution in [0.2, 0.25) is 0 Å². The molecule has 0 bridgehead atoms. The number of hydrogen-bond donors (Lipinski definition) is 0. The van der Waals surface area contributed by atoms with Crippen molar-refractivity contribution in [3.05, 3.63) is 22.7 Å². The molecule has 1 aromatic heterocycles. The average Bonchev–Trinajstić information content (AvgIpc) is 2.59. The topological polar surface area (TPSA) is 41.4 Å². The van der Waals surface area contributed by atoms with Gasteiger partial charge in [0.1, 0.15) is 0 Å². The van der Waals surface area contributed by atoms with Gasteiger partial charge in [-0.25, -0.2) is 4.98 Å². The Hall–Kier alpha value is -0.880. The van der Waals surface area contributed by atoms with E-state index < -0.39 is 0 Å². The van der Waals surface area contributed by atoms with Crippen molar-refractivity contribution in [1.82, 2.24) is 14.5 Å². The molecule has 0 radical (unpaired) electrons. The Balaban J connectivity index is 2.10. The Labute approximate surface area is 116 Å². The van der Waals surface area contributed by atoms with Gasteiger partial charge in [-0.2, -0.15) is 0 Å². The highest BCUT2D eigenvalue weighted by atomic mass is 79.9. The molecular weight excluding hydrogens is 296 g/mol. The average molecular weight is 315 g/mol. The van der Waals surface area contributed by atoms with Gasteiger partial charge in [-0.3, -0.25) is 4.79 Å². The van der Waals surface area contributed by atoms with E-state index in [0.717, 1.165) is 44.5 Å². The monoisotopic (exact) mass is 314 g/mol. The highest BCUT2D eigenvalue weighted by molar-refractivity contribution is 9.09. The third-order valence-electron chi connectivity index (χ3n) is 3.29. The lowest BCUT2D eigenvalue weighted by atomic mass is 10.4. The molecule has 1 aliphatic rings. The van der Waals surface area contributed by atoms with E-state index in [1.807, 2.05) is 0 Å². The lowest BCUT2D eigenvalue weighted by Crippen LogP contribution is -2.36. The van der Waals surface area contributed by atoms with E-state index in [1.54, 1.807) is 24.0 Å². The lowest BCUT2D eigenvalue weighted by molar-refractivity contribution is 0.313. The standard InChI is InChI=1S/C12H19BrN4O/c1-15-8-4-14-11(12(15)18)17-6-2-5-16(7-3-13)9-10-17/h4,8H,2-3,5-7,9-10H2,1H3. The van der Waals surface area contributed by atoms with Crippen molar-refractivity contribution in [3.8, 4) is 0 Å². The summed E-state index contributed by atoms with van der Waals surface area (Å²) in [6.45, 7) is 4.93. The number of aromatic nitrogens is 2. The van der Waals surface area contributed by atoms with Gasteiger partial charge in [0.05, 0.1) is 0 Å². The third-order valence-corrected chi connectivity index (χ3v) is 3.64. The van der Waals surface area contributed by atoms with Crippen LogP contribution in [0.3, 0.4) is 0 Å². The van der Waals surface area contributed by atoms with E-state index in [1.165, 1.54) is 0 Å². The first kappa shape index (κ1) is 13.5. The zero-order valence-corrected chi connectivity index (χ0v) is 12.3. The molecule has 100 valence electrons. The molecule has 5 nitrogen and oxygen atoms in total. The summed E-state index contributed by atoms with van der Waals surface area (Å²) in [5, 5.41) is 0.998. The molecule has 0 atom stereocenters. The van der Waals surface area contributed by atoms with Gasteiger partial charge in [0.25, 0.3) is 5.56 Å². The van der Waals surface area contributed by atoms with E-state index in [4.69, 9.17) is 0 Å². The molecule has 6 heteroatoms. The van der Waals surface area contributed by atoms with Crippen LogP contribution < -0.4 is 10.5 Å². The second-order valence-electron chi connectivity index (χ2n) is 4.54. The van der Waals surface area contributed by atoms with Crippen LogP contribution in [-0.4, -0.2) is 52.5 Å². The van der Waals surface area contributed by atoms with Crippen LogP contribution in [0.4, 0.5) is 5.82 Å². The fraction of sp³-hybridized carbons (Fsp3) is 0.667. The molecular formula is C12H19BrN4O. The number of hydrogen-bond acceptors (Lipinski definition) is 4. The number of rotatable bonds is 3. The Kier molecular flexibility index (Phi) is 4.77. The first-order valence-electron chi connectivity index (χ1n) is 6.27. The van der Waals surface area contributed by atoms with Crippen molar-refractivity contribution >= 4 is 21.7 Å². The van der Waals surface area contributed by atoms with Crippen molar-refractivity contribution in [2.75, 3.05) is 43.0 Å². The van der Waals surface area contributed by atoms with Gasteiger partial charge in [0.2, 0.25) is 0 Å². The van der Waals surface area contributed by atoms with E-state index >= 15 is 0 Å². The fourth-order valence-corrected chi connectivity index (χ4v) is 2.73. The maximum Gasteiger partial charge on any atom is 0.293 e. The lowest BCUT2D eigenvalue weighted by Gasteiger charge is -2.21. The predicted octanol–water partition coefficient (Wildman–Crippen LogP) is 0.687. The Morgan fingerprint density at radius 1 is 1.33 bits per heavy atom. The Morgan fingerprint density at radius 3 is 2.94 bits per heavy atom. The molecule has 0 saturated carbocycles. The maximum absolute atomic E-state index is 12.0. The van der Waals surface area contributed by atoms with Crippen LogP contribution in [0.1, 0.15) is 6.42 Å². The number of halogens is 1. The zero-order valence-electron chi connectivity index (χ0n) is 10.7. The van der Waals surface area contributed by atoms with Crippen molar-refractivity contribution in [2.45, 2.75) is 6.42 Å². The molecule has 18 heavy (non-hydrogen) atoms. The van der Waals surface area contributed by atoms with Gasteiger partial charge < -0.3 is 14.4 Å². The SMILES string of the molecule is Cn1ccnc(N2CCCN(CCBr)CC2)c1=O. The van der Waals surface area contributed by atoms with E-state index in [9.17, 15) is 4.79 Å². The van der Waals surface area contributed by atoms with Gasteiger partial charge in [-0.05, 0) is 13.0 Å². The minimum absolute atomic E-state index is 0.00792. The van der Waals surface area contributed by atoms with Gasteiger partial charge in [0.15, 0.2) is 5.82 Å². The summed E-state index contributed by atoms with van der Waals surface area (Å²) in [5.41, 5.74) is -0.00792. The largest absolute Gasteiger partial charge is 0.351 e. The second kappa shape index (κ2) is 6.33. The van der Waals surface area contributed by atoms with Crippen LogP contribution in [0, 0.1) is 0 Å². The minimum Gasteiger partial charge on any atom is -0.351 e. The third kappa shape index (κ3) is 3.11. The zero-order chi connectivity index (χ0) is 13.0. The van der Waals surface area contributed by atoms with Crippen molar-refractivity contribution in [2.24, 2.45) is 7.05 Å². The molecule has 0 amide bonds. The molecule has 2 heterocycles. The number of aryl methyl sites for hydroxylation is 1. The van der Waals surface area contributed by atoms with Crippen LogP contribution >= 0.6 is 15.9 Å². The summed E-state index contributed by atoms with van der Waals surface area (Å²) in [6.07, 6.45) is 4.46. The first-order valence-corrected chi connectivity index (χ1v) is 7.39. The van der Waals surface area contributed by atoms with Crippen molar-refractivity contribution in [1.29, 1.82) is 0 Å². The molecule has 1 fully saturated rings. The number of nitrogens with zero attached hydrogens (tertiary/aromatic N) is 4. The summed E-state index contributed by atoms with van der Waals surface area (Å²) in [4.78, 5) is 20.8. The molecule has 1 aromatic rings. The molecule has 1 saturated heterocycles. The first-order chi connectivity index (χ1) is 8.72. The summed E-state index contributed by atoms with van der Waals surface area (Å²) in [5.74, 6) is 0.584. The smallest absolute Gasteiger partial charge is 0.293 e. The van der Waals surface area contributed by atoms with Crippen LogP contribution in [0.5, 0.6) is 0 Å². The van der Waals surface area contributed by atoms with E-state index in [2.05, 4.69) is 30.7 Å². The molecule has 0 unspecified atom stereocenters. The quantitative estimate of drug-likeness (QED) is 0.770. The summed E-state index contributed by atoms with van der Waals surface area (Å²) >= 11 is 3.47. The predicted molar refractivity (Wildman–Crippen MR) is 76.5 cm³/mol. The highest BCUT2D eigenvalue weighted by Gasteiger charge is 2.17. The van der Waals surface area contributed by atoms with Crippen LogP contribution in [0.15, 0.2) is 17.2 Å². The fourth-order valence-electron chi connectivity index (χ4n) is 2.23. The molecule has 0 spiro atoms. The van der Waals surface area contributed by atoms with E-state index in [0.29, 0.717) is 5.82 Å². The molecule has 0 aliphatic carbocycles. The number of anilines is 1.